The average Bonchev–Trinajstić information content (AvgIpc) is 2.25. The van der Waals surface area contributed by atoms with Crippen molar-refractivity contribution >= 4 is 18.0 Å². The normalized spacial score (nSPS) is 11.1. The lowest BCUT2D eigenvalue weighted by molar-refractivity contribution is -0.104. The Kier molecular flexibility index (Phi) is 4.35. The van der Waals surface area contributed by atoms with E-state index in [0.29, 0.717) is 0 Å². The van der Waals surface area contributed by atoms with Crippen LogP contribution in [0, 0.1) is 0 Å². The number of carbonyl (C=O) groups is 1. The van der Waals surface area contributed by atoms with Crippen LogP contribution in [0.15, 0.2) is 42.5 Å². The van der Waals surface area contributed by atoms with Gasteiger partial charge < -0.3 is 4.90 Å². The van der Waals surface area contributed by atoms with Crippen molar-refractivity contribution in [1.82, 2.24) is 0 Å². The Morgan fingerprint density at radius 2 is 1.80 bits per heavy atom. The Hall–Kier alpha value is -1.83. The maximum absolute atomic E-state index is 10.1. The van der Waals surface area contributed by atoms with Crippen molar-refractivity contribution < 1.29 is 4.79 Å². The molecule has 0 amide bonds. The highest BCUT2D eigenvalue weighted by atomic mass is 16.1. The molecule has 0 aliphatic heterocycles. The van der Waals surface area contributed by atoms with Crippen LogP contribution < -0.4 is 4.90 Å². The zero-order valence-corrected chi connectivity index (χ0v) is 9.05. The summed E-state index contributed by atoms with van der Waals surface area (Å²) in [5.74, 6) is 0. The molecule has 0 saturated carbocycles. The first-order valence-corrected chi connectivity index (χ1v) is 4.80. The van der Waals surface area contributed by atoms with E-state index in [2.05, 4.69) is 11.0 Å². The third-order valence-corrected chi connectivity index (χ3v) is 2.00. The van der Waals surface area contributed by atoms with Crippen molar-refractivity contribution in [2.45, 2.75) is 0 Å². The summed E-state index contributed by atoms with van der Waals surface area (Å²) in [4.78, 5) is 12.1. The fourth-order valence-electron chi connectivity index (χ4n) is 1.30. The molecule has 0 radical (unpaired) electrons. The summed E-state index contributed by atoms with van der Waals surface area (Å²) in [6, 6.07) is 8.10. The molecular weight excluding hydrogens is 186 g/mol. The van der Waals surface area contributed by atoms with Crippen LogP contribution >= 0.6 is 0 Å². The smallest absolute Gasteiger partial charge is 0.142 e. The largest absolute Gasteiger partial charge is 0.377 e. The number of para-hydroxylation sites is 1. The summed E-state index contributed by atoms with van der Waals surface area (Å²) >= 11 is 0. The van der Waals surface area contributed by atoms with Crippen LogP contribution in [0.5, 0.6) is 0 Å². The number of hydrogen-bond donors (Lipinski definition) is 0. The minimum Gasteiger partial charge on any atom is -0.377 e. The molecule has 0 aliphatic rings. The second kappa shape index (κ2) is 5.81. The van der Waals surface area contributed by atoms with Crippen molar-refractivity contribution in [2.75, 3.05) is 19.0 Å². The van der Waals surface area contributed by atoms with Gasteiger partial charge in [0, 0.05) is 19.8 Å². The van der Waals surface area contributed by atoms with Crippen LogP contribution in [0.2, 0.25) is 0 Å². The van der Waals surface area contributed by atoms with E-state index in [1.54, 1.807) is 6.08 Å². The molecular formula is C13H15NO. The van der Waals surface area contributed by atoms with E-state index in [4.69, 9.17) is 0 Å². The lowest BCUT2D eigenvalue weighted by Gasteiger charge is -2.14. The fourth-order valence-corrected chi connectivity index (χ4v) is 1.30. The van der Waals surface area contributed by atoms with Gasteiger partial charge in [-0.3, -0.25) is 4.79 Å². The topological polar surface area (TPSA) is 20.3 Å². The number of rotatable bonds is 4. The summed E-state index contributed by atoms with van der Waals surface area (Å²) in [5, 5.41) is 0. The molecule has 0 spiro atoms. The SMILES string of the molecule is CN(C)c1ccccc1C=CC=CC=O. The zero-order chi connectivity index (χ0) is 11.1. The van der Waals surface area contributed by atoms with E-state index in [1.165, 1.54) is 6.08 Å². The lowest BCUT2D eigenvalue weighted by atomic mass is 10.1. The highest BCUT2D eigenvalue weighted by molar-refractivity contribution is 5.69. The predicted molar refractivity (Wildman–Crippen MR) is 65.0 cm³/mol. The maximum Gasteiger partial charge on any atom is 0.142 e. The van der Waals surface area contributed by atoms with Crippen molar-refractivity contribution in [2.24, 2.45) is 0 Å². The number of aldehydes is 1. The number of benzene rings is 1. The van der Waals surface area contributed by atoms with E-state index in [1.807, 2.05) is 44.4 Å². The molecule has 0 fully saturated rings. The van der Waals surface area contributed by atoms with Gasteiger partial charge in [0.05, 0.1) is 0 Å². The van der Waals surface area contributed by atoms with Gasteiger partial charge in [-0.25, -0.2) is 0 Å². The standard InChI is InChI=1S/C13H15NO/c1-14(2)13-10-6-5-9-12(13)8-4-3-7-11-15/h3-11H,1-2H3. The van der Waals surface area contributed by atoms with E-state index in [0.717, 1.165) is 17.5 Å². The third kappa shape index (κ3) is 3.43. The Labute approximate surface area is 90.5 Å². The molecule has 0 aliphatic carbocycles. The first-order chi connectivity index (χ1) is 7.25. The van der Waals surface area contributed by atoms with Gasteiger partial charge in [0.25, 0.3) is 0 Å². The van der Waals surface area contributed by atoms with Gasteiger partial charge in [0.15, 0.2) is 0 Å². The predicted octanol–water partition coefficient (Wildman–Crippen LogP) is 2.52. The monoisotopic (exact) mass is 201 g/mol. The average molecular weight is 201 g/mol. The first kappa shape index (κ1) is 11.2. The molecule has 1 aromatic rings. The molecule has 0 heterocycles. The zero-order valence-electron chi connectivity index (χ0n) is 9.05. The summed E-state index contributed by atoms with van der Waals surface area (Å²) in [6.07, 6.45) is 7.79. The molecule has 0 bridgehead atoms. The van der Waals surface area contributed by atoms with Crippen LogP contribution in [0.1, 0.15) is 5.56 Å². The van der Waals surface area contributed by atoms with Gasteiger partial charge in [0.1, 0.15) is 6.29 Å². The van der Waals surface area contributed by atoms with E-state index >= 15 is 0 Å². The highest BCUT2D eigenvalue weighted by Crippen LogP contribution is 2.18. The van der Waals surface area contributed by atoms with Crippen LogP contribution in [0.25, 0.3) is 6.08 Å². The minimum atomic E-state index is 0.766. The quantitative estimate of drug-likeness (QED) is 0.424. The first-order valence-electron chi connectivity index (χ1n) is 4.80. The minimum absolute atomic E-state index is 0.766. The van der Waals surface area contributed by atoms with E-state index in [9.17, 15) is 4.79 Å². The molecule has 1 rings (SSSR count). The molecule has 0 N–H and O–H groups in total. The number of anilines is 1. The van der Waals surface area contributed by atoms with Crippen LogP contribution in [-0.2, 0) is 4.79 Å². The maximum atomic E-state index is 10.1. The number of allylic oxidation sites excluding steroid dienone is 3. The van der Waals surface area contributed by atoms with Gasteiger partial charge in [-0.1, -0.05) is 36.4 Å². The fraction of sp³-hybridized carbons (Fsp3) is 0.154. The van der Waals surface area contributed by atoms with Crippen molar-refractivity contribution in [3.63, 3.8) is 0 Å². The molecule has 78 valence electrons. The van der Waals surface area contributed by atoms with Gasteiger partial charge >= 0.3 is 0 Å². The number of carbonyl (C=O) groups excluding carboxylic acids is 1. The molecule has 0 unspecified atom stereocenters. The Morgan fingerprint density at radius 1 is 1.07 bits per heavy atom. The lowest BCUT2D eigenvalue weighted by Crippen LogP contribution is -2.09. The molecule has 2 heteroatoms. The molecule has 0 atom stereocenters. The second-order valence-electron chi connectivity index (χ2n) is 3.33. The number of nitrogens with zero attached hydrogens (tertiary/aromatic N) is 1. The third-order valence-electron chi connectivity index (χ3n) is 2.00. The molecule has 2 nitrogen and oxygen atoms in total. The van der Waals surface area contributed by atoms with Crippen molar-refractivity contribution in [3.8, 4) is 0 Å². The summed E-state index contributed by atoms with van der Waals surface area (Å²) in [6.45, 7) is 0. The van der Waals surface area contributed by atoms with Gasteiger partial charge in [-0.15, -0.1) is 0 Å². The van der Waals surface area contributed by atoms with Gasteiger partial charge in [-0.2, -0.15) is 0 Å². The van der Waals surface area contributed by atoms with Gasteiger partial charge in [0.2, 0.25) is 0 Å². The van der Waals surface area contributed by atoms with E-state index in [-0.39, 0.29) is 0 Å². The van der Waals surface area contributed by atoms with Crippen molar-refractivity contribution in [3.05, 3.63) is 48.1 Å². The van der Waals surface area contributed by atoms with Crippen LogP contribution in [0.3, 0.4) is 0 Å². The Bertz CT molecular complexity index is 378. The molecule has 15 heavy (non-hydrogen) atoms. The molecule has 0 aromatic heterocycles. The Balaban J connectivity index is 2.88. The summed E-state index contributed by atoms with van der Waals surface area (Å²) in [5.41, 5.74) is 2.30. The van der Waals surface area contributed by atoms with E-state index < -0.39 is 0 Å². The second-order valence-corrected chi connectivity index (χ2v) is 3.33. The molecule has 0 saturated heterocycles. The summed E-state index contributed by atoms with van der Waals surface area (Å²) in [7, 11) is 4.02. The summed E-state index contributed by atoms with van der Waals surface area (Å²) < 4.78 is 0. The van der Waals surface area contributed by atoms with Crippen LogP contribution in [-0.4, -0.2) is 20.4 Å². The Morgan fingerprint density at radius 3 is 2.47 bits per heavy atom. The van der Waals surface area contributed by atoms with Crippen LogP contribution in [0.4, 0.5) is 5.69 Å². The van der Waals surface area contributed by atoms with Gasteiger partial charge in [-0.05, 0) is 17.7 Å². The van der Waals surface area contributed by atoms with Crippen molar-refractivity contribution in [1.29, 1.82) is 0 Å². The number of hydrogen-bond acceptors (Lipinski definition) is 2. The molecule has 1 aromatic carbocycles. The highest BCUT2D eigenvalue weighted by Gasteiger charge is 1.98.